The summed E-state index contributed by atoms with van der Waals surface area (Å²) in [5, 5.41) is 2.45. The molecular formula is C11H23F3N2S. The van der Waals surface area contributed by atoms with Crippen LogP contribution >= 0.6 is 11.8 Å². The zero-order chi connectivity index (χ0) is 13.5. The van der Waals surface area contributed by atoms with Crippen LogP contribution in [0, 0.1) is 0 Å². The van der Waals surface area contributed by atoms with Gasteiger partial charge in [-0.25, -0.2) is 0 Å². The minimum absolute atomic E-state index is 0.106. The summed E-state index contributed by atoms with van der Waals surface area (Å²) in [4.78, 5) is 2.15. The Morgan fingerprint density at radius 2 is 1.94 bits per heavy atom. The minimum Gasteiger partial charge on any atom is -0.307 e. The molecular weight excluding hydrogens is 249 g/mol. The molecule has 2 nitrogen and oxygen atoms in total. The van der Waals surface area contributed by atoms with E-state index in [2.05, 4.69) is 17.1 Å². The Kier molecular flexibility index (Phi) is 8.24. The Labute approximate surface area is 106 Å². The largest absolute Gasteiger partial charge is 0.401 e. The molecule has 2 unspecified atom stereocenters. The molecule has 0 bridgehead atoms. The van der Waals surface area contributed by atoms with E-state index in [0.29, 0.717) is 12.6 Å². The molecule has 0 heterocycles. The molecule has 0 aliphatic rings. The van der Waals surface area contributed by atoms with Gasteiger partial charge >= 0.3 is 6.18 Å². The quantitative estimate of drug-likeness (QED) is 0.731. The first-order valence-electron chi connectivity index (χ1n) is 5.80. The zero-order valence-electron chi connectivity index (χ0n) is 11.0. The van der Waals surface area contributed by atoms with Gasteiger partial charge in [-0.3, -0.25) is 4.90 Å². The van der Waals surface area contributed by atoms with Crippen LogP contribution < -0.4 is 5.32 Å². The van der Waals surface area contributed by atoms with Crippen LogP contribution in [-0.4, -0.2) is 55.3 Å². The van der Waals surface area contributed by atoms with E-state index in [9.17, 15) is 13.2 Å². The second kappa shape index (κ2) is 8.21. The molecule has 0 spiro atoms. The molecule has 0 saturated carbocycles. The number of nitrogens with one attached hydrogen (secondary N) is 1. The molecule has 0 amide bonds. The monoisotopic (exact) mass is 272 g/mol. The molecule has 104 valence electrons. The first-order chi connectivity index (χ1) is 7.81. The lowest BCUT2D eigenvalue weighted by Gasteiger charge is -2.32. The third-order valence-electron chi connectivity index (χ3n) is 2.87. The Hall–Kier alpha value is 0.0600. The smallest absolute Gasteiger partial charge is 0.307 e. The molecule has 0 aliphatic heterocycles. The van der Waals surface area contributed by atoms with Gasteiger partial charge in [0.1, 0.15) is 0 Å². The van der Waals surface area contributed by atoms with Crippen molar-refractivity contribution in [3.05, 3.63) is 0 Å². The molecule has 0 fully saturated rings. The van der Waals surface area contributed by atoms with Gasteiger partial charge in [-0.1, -0.05) is 6.92 Å². The number of halogens is 3. The highest BCUT2D eigenvalue weighted by atomic mass is 32.2. The van der Waals surface area contributed by atoms with Crippen LogP contribution in [0.1, 0.15) is 20.3 Å². The third kappa shape index (κ3) is 7.89. The van der Waals surface area contributed by atoms with Crippen LogP contribution in [0.25, 0.3) is 0 Å². The van der Waals surface area contributed by atoms with E-state index in [1.54, 1.807) is 11.8 Å². The van der Waals surface area contributed by atoms with Gasteiger partial charge in [0, 0.05) is 24.4 Å². The molecule has 0 rings (SSSR count). The standard InChI is InChI=1S/C11H23F3N2S/c1-5-10(7-17-4)16(3)9(2)6-15-8-11(12,13)14/h9-10,15H,5-8H2,1-4H3. The van der Waals surface area contributed by atoms with Gasteiger partial charge in [0.15, 0.2) is 0 Å². The van der Waals surface area contributed by atoms with Gasteiger partial charge < -0.3 is 5.32 Å². The summed E-state index contributed by atoms with van der Waals surface area (Å²) in [7, 11) is 1.98. The summed E-state index contributed by atoms with van der Waals surface area (Å²) >= 11 is 1.77. The van der Waals surface area contributed by atoms with Gasteiger partial charge in [0.25, 0.3) is 0 Å². The summed E-state index contributed by atoms with van der Waals surface area (Å²) in [6, 6.07) is 0.530. The number of hydrogen-bond donors (Lipinski definition) is 1. The van der Waals surface area contributed by atoms with Crippen molar-refractivity contribution >= 4 is 11.8 Å². The lowest BCUT2D eigenvalue weighted by atomic mass is 10.2. The predicted octanol–water partition coefficient (Wildman–Crippen LogP) is 2.60. The number of rotatable bonds is 8. The summed E-state index contributed by atoms with van der Waals surface area (Å²) in [6.07, 6.45) is -1.06. The third-order valence-corrected chi connectivity index (χ3v) is 3.58. The van der Waals surface area contributed by atoms with Crippen molar-refractivity contribution in [2.45, 2.75) is 38.5 Å². The fourth-order valence-electron chi connectivity index (χ4n) is 1.64. The van der Waals surface area contributed by atoms with Crippen LogP contribution in [0.4, 0.5) is 13.2 Å². The predicted molar refractivity (Wildman–Crippen MR) is 68.6 cm³/mol. The Morgan fingerprint density at radius 3 is 2.35 bits per heavy atom. The summed E-state index contributed by atoms with van der Waals surface area (Å²) in [6.45, 7) is 3.50. The fourth-order valence-corrected chi connectivity index (χ4v) is 2.50. The van der Waals surface area contributed by atoms with Crippen molar-refractivity contribution in [3.63, 3.8) is 0 Å². The van der Waals surface area contributed by atoms with Crippen molar-refractivity contribution in [2.24, 2.45) is 0 Å². The van der Waals surface area contributed by atoms with E-state index in [4.69, 9.17) is 0 Å². The van der Waals surface area contributed by atoms with Crippen LogP contribution in [0.2, 0.25) is 0 Å². The Bertz CT molecular complexity index is 200. The Balaban J connectivity index is 3.99. The minimum atomic E-state index is -4.12. The highest BCUT2D eigenvalue weighted by Crippen LogP contribution is 2.13. The van der Waals surface area contributed by atoms with Crippen LogP contribution in [0.15, 0.2) is 0 Å². The second-order valence-electron chi connectivity index (χ2n) is 4.28. The molecule has 0 saturated heterocycles. The van der Waals surface area contributed by atoms with Gasteiger partial charge in [-0.05, 0) is 26.6 Å². The van der Waals surface area contributed by atoms with E-state index in [1.165, 1.54) is 0 Å². The number of alkyl halides is 3. The lowest BCUT2D eigenvalue weighted by Crippen LogP contribution is -2.46. The number of hydrogen-bond acceptors (Lipinski definition) is 3. The highest BCUT2D eigenvalue weighted by molar-refractivity contribution is 7.98. The first-order valence-corrected chi connectivity index (χ1v) is 7.19. The molecule has 0 radical (unpaired) electrons. The van der Waals surface area contributed by atoms with E-state index in [1.807, 2.05) is 20.2 Å². The normalized spacial score (nSPS) is 16.2. The van der Waals surface area contributed by atoms with Gasteiger partial charge in [-0.2, -0.15) is 24.9 Å². The van der Waals surface area contributed by atoms with E-state index in [-0.39, 0.29) is 6.04 Å². The SMILES string of the molecule is CCC(CSC)N(C)C(C)CNCC(F)(F)F. The van der Waals surface area contributed by atoms with Crippen molar-refractivity contribution in [1.29, 1.82) is 0 Å². The second-order valence-corrected chi connectivity index (χ2v) is 5.19. The maximum absolute atomic E-state index is 12.0. The maximum atomic E-state index is 12.0. The average Bonchev–Trinajstić information content (AvgIpc) is 2.23. The lowest BCUT2D eigenvalue weighted by molar-refractivity contribution is -0.125. The molecule has 2 atom stereocenters. The maximum Gasteiger partial charge on any atom is 0.401 e. The van der Waals surface area contributed by atoms with E-state index >= 15 is 0 Å². The molecule has 1 N–H and O–H groups in total. The fraction of sp³-hybridized carbons (Fsp3) is 1.00. The van der Waals surface area contributed by atoms with E-state index < -0.39 is 12.7 Å². The Morgan fingerprint density at radius 1 is 1.35 bits per heavy atom. The molecule has 6 heteroatoms. The van der Waals surface area contributed by atoms with Crippen molar-refractivity contribution in [1.82, 2.24) is 10.2 Å². The molecule has 0 aliphatic carbocycles. The number of thioether (sulfide) groups is 1. The highest BCUT2D eigenvalue weighted by Gasteiger charge is 2.27. The molecule has 0 aromatic rings. The van der Waals surface area contributed by atoms with Crippen LogP contribution in [0.3, 0.4) is 0 Å². The average molecular weight is 272 g/mol. The summed E-state index contributed by atoms with van der Waals surface area (Å²) in [5.41, 5.74) is 0. The number of nitrogens with zero attached hydrogens (tertiary/aromatic N) is 1. The molecule has 0 aromatic carbocycles. The molecule has 0 aromatic heterocycles. The van der Waals surface area contributed by atoms with Crippen LogP contribution in [0.5, 0.6) is 0 Å². The first kappa shape index (κ1) is 17.1. The van der Waals surface area contributed by atoms with Crippen molar-refractivity contribution in [2.75, 3.05) is 32.1 Å². The van der Waals surface area contributed by atoms with Gasteiger partial charge in [-0.15, -0.1) is 0 Å². The zero-order valence-corrected chi connectivity index (χ0v) is 11.8. The topological polar surface area (TPSA) is 15.3 Å². The number of likely N-dealkylation sites (N-methyl/N-ethyl adjacent to an activating group) is 1. The van der Waals surface area contributed by atoms with Gasteiger partial charge in [0.2, 0.25) is 0 Å². The van der Waals surface area contributed by atoms with Crippen molar-refractivity contribution in [3.8, 4) is 0 Å². The molecule has 17 heavy (non-hydrogen) atoms. The van der Waals surface area contributed by atoms with Crippen LogP contribution in [-0.2, 0) is 0 Å². The van der Waals surface area contributed by atoms with Crippen molar-refractivity contribution < 1.29 is 13.2 Å². The summed E-state index contributed by atoms with van der Waals surface area (Å²) in [5.74, 6) is 1.01. The van der Waals surface area contributed by atoms with E-state index in [0.717, 1.165) is 12.2 Å². The van der Waals surface area contributed by atoms with Gasteiger partial charge in [0.05, 0.1) is 6.54 Å². The summed E-state index contributed by atoms with van der Waals surface area (Å²) < 4.78 is 35.9.